The summed E-state index contributed by atoms with van der Waals surface area (Å²) >= 11 is 12.2. The first kappa shape index (κ1) is 14.5. The predicted octanol–water partition coefficient (Wildman–Crippen LogP) is 4.02. The molecule has 5 heteroatoms. The molecule has 1 unspecified atom stereocenters. The van der Waals surface area contributed by atoms with Crippen LogP contribution in [0.15, 0.2) is 30.3 Å². The summed E-state index contributed by atoms with van der Waals surface area (Å²) in [5.41, 5.74) is 2.23. The van der Waals surface area contributed by atoms with Crippen molar-refractivity contribution in [1.29, 1.82) is 0 Å². The molecule has 2 aromatic carbocycles. The van der Waals surface area contributed by atoms with Crippen LogP contribution in [-0.2, 0) is 6.42 Å². The van der Waals surface area contributed by atoms with E-state index in [9.17, 15) is 5.11 Å². The van der Waals surface area contributed by atoms with E-state index in [4.69, 9.17) is 32.7 Å². The second-order valence-electron chi connectivity index (χ2n) is 4.87. The SMILES string of the molecule is COc1ccc(Cl)cc1C(O)c1cc(Cl)cc2c1OCC2. The lowest BCUT2D eigenvalue weighted by Crippen LogP contribution is -2.04. The van der Waals surface area contributed by atoms with E-state index in [1.165, 1.54) is 0 Å². The first-order valence-corrected chi connectivity index (χ1v) is 7.32. The zero-order valence-corrected chi connectivity index (χ0v) is 12.9. The van der Waals surface area contributed by atoms with Crippen LogP contribution in [0, 0.1) is 0 Å². The molecule has 2 aromatic rings. The van der Waals surface area contributed by atoms with Gasteiger partial charge in [-0.05, 0) is 35.9 Å². The fourth-order valence-electron chi connectivity index (χ4n) is 2.59. The number of hydrogen-bond donors (Lipinski definition) is 1. The van der Waals surface area contributed by atoms with Gasteiger partial charge in [-0.3, -0.25) is 0 Å². The summed E-state index contributed by atoms with van der Waals surface area (Å²) in [5, 5.41) is 11.8. The monoisotopic (exact) mass is 324 g/mol. The minimum absolute atomic E-state index is 0.532. The molecule has 21 heavy (non-hydrogen) atoms. The minimum Gasteiger partial charge on any atom is -0.496 e. The third-order valence-electron chi connectivity index (χ3n) is 3.56. The van der Waals surface area contributed by atoms with E-state index in [2.05, 4.69) is 0 Å². The number of fused-ring (bicyclic) bond motifs is 1. The molecule has 0 amide bonds. The molecule has 0 bridgehead atoms. The quantitative estimate of drug-likeness (QED) is 0.926. The summed E-state index contributed by atoms with van der Waals surface area (Å²) in [6.45, 7) is 0.599. The molecular formula is C16H14Cl2O3. The van der Waals surface area contributed by atoms with Gasteiger partial charge in [0, 0.05) is 27.6 Å². The van der Waals surface area contributed by atoms with Gasteiger partial charge in [-0.1, -0.05) is 23.2 Å². The number of rotatable bonds is 3. The summed E-state index contributed by atoms with van der Waals surface area (Å²) in [4.78, 5) is 0. The van der Waals surface area contributed by atoms with Gasteiger partial charge in [-0.15, -0.1) is 0 Å². The highest BCUT2D eigenvalue weighted by Gasteiger charge is 2.25. The third-order valence-corrected chi connectivity index (χ3v) is 4.01. The molecule has 110 valence electrons. The molecule has 0 radical (unpaired) electrons. The van der Waals surface area contributed by atoms with Crippen molar-refractivity contribution in [1.82, 2.24) is 0 Å². The molecule has 0 fully saturated rings. The summed E-state index contributed by atoms with van der Waals surface area (Å²) in [6, 6.07) is 8.72. The van der Waals surface area contributed by atoms with Crippen molar-refractivity contribution >= 4 is 23.2 Å². The largest absolute Gasteiger partial charge is 0.496 e. The zero-order chi connectivity index (χ0) is 15.0. The summed E-state index contributed by atoms with van der Waals surface area (Å²) in [5.74, 6) is 1.27. The number of methoxy groups -OCH3 is 1. The molecule has 0 saturated carbocycles. The highest BCUT2D eigenvalue weighted by atomic mass is 35.5. The number of ether oxygens (including phenoxy) is 2. The average Bonchev–Trinajstić information content (AvgIpc) is 2.93. The number of aliphatic hydroxyl groups is 1. The Morgan fingerprint density at radius 2 is 1.90 bits per heavy atom. The van der Waals surface area contributed by atoms with Crippen molar-refractivity contribution in [2.75, 3.05) is 13.7 Å². The van der Waals surface area contributed by atoms with Crippen LogP contribution in [0.5, 0.6) is 11.5 Å². The van der Waals surface area contributed by atoms with Gasteiger partial charge in [0.15, 0.2) is 0 Å². The van der Waals surface area contributed by atoms with Crippen molar-refractivity contribution in [3.63, 3.8) is 0 Å². The topological polar surface area (TPSA) is 38.7 Å². The van der Waals surface area contributed by atoms with E-state index in [1.807, 2.05) is 6.07 Å². The Balaban J connectivity index is 2.11. The zero-order valence-electron chi connectivity index (χ0n) is 11.4. The van der Waals surface area contributed by atoms with Gasteiger partial charge in [0.2, 0.25) is 0 Å². The van der Waals surface area contributed by atoms with Gasteiger partial charge in [-0.25, -0.2) is 0 Å². The lowest BCUT2D eigenvalue weighted by Gasteiger charge is -2.18. The van der Waals surface area contributed by atoms with Gasteiger partial charge in [0.25, 0.3) is 0 Å². The van der Waals surface area contributed by atoms with Crippen LogP contribution in [0.4, 0.5) is 0 Å². The van der Waals surface area contributed by atoms with Crippen LogP contribution in [0.25, 0.3) is 0 Å². The second-order valence-corrected chi connectivity index (χ2v) is 5.74. The summed E-state index contributed by atoms with van der Waals surface area (Å²) in [7, 11) is 1.55. The maximum Gasteiger partial charge on any atom is 0.128 e. The van der Waals surface area contributed by atoms with E-state index in [0.29, 0.717) is 39.3 Å². The highest BCUT2D eigenvalue weighted by molar-refractivity contribution is 6.31. The first-order chi connectivity index (χ1) is 10.1. The summed E-state index contributed by atoms with van der Waals surface area (Å²) < 4.78 is 10.9. The van der Waals surface area contributed by atoms with E-state index in [1.54, 1.807) is 31.4 Å². The van der Waals surface area contributed by atoms with Crippen molar-refractivity contribution in [3.8, 4) is 11.5 Å². The van der Waals surface area contributed by atoms with Crippen molar-refractivity contribution in [2.45, 2.75) is 12.5 Å². The Morgan fingerprint density at radius 1 is 1.14 bits per heavy atom. The number of hydrogen-bond acceptors (Lipinski definition) is 3. The van der Waals surface area contributed by atoms with Crippen LogP contribution >= 0.6 is 23.2 Å². The fourth-order valence-corrected chi connectivity index (χ4v) is 3.02. The lowest BCUT2D eigenvalue weighted by atomic mass is 9.97. The van der Waals surface area contributed by atoms with E-state index in [-0.39, 0.29) is 0 Å². The molecule has 1 aliphatic rings. The van der Waals surface area contributed by atoms with Crippen LogP contribution in [0.1, 0.15) is 22.8 Å². The van der Waals surface area contributed by atoms with Gasteiger partial charge in [0.1, 0.15) is 17.6 Å². The molecule has 1 atom stereocenters. The average molecular weight is 325 g/mol. The van der Waals surface area contributed by atoms with E-state index < -0.39 is 6.10 Å². The normalized spacial score (nSPS) is 14.5. The Labute approximate surface area is 133 Å². The Morgan fingerprint density at radius 3 is 2.67 bits per heavy atom. The van der Waals surface area contributed by atoms with Gasteiger partial charge < -0.3 is 14.6 Å². The fraction of sp³-hybridized carbons (Fsp3) is 0.250. The predicted molar refractivity (Wildman–Crippen MR) is 82.7 cm³/mol. The van der Waals surface area contributed by atoms with Crippen LogP contribution in [0.3, 0.4) is 0 Å². The lowest BCUT2D eigenvalue weighted by molar-refractivity contribution is 0.208. The molecule has 1 N–H and O–H groups in total. The van der Waals surface area contributed by atoms with Crippen LogP contribution in [0.2, 0.25) is 10.0 Å². The molecule has 1 heterocycles. The molecular weight excluding hydrogens is 311 g/mol. The molecule has 0 aliphatic carbocycles. The van der Waals surface area contributed by atoms with Gasteiger partial charge >= 0.3 is 0 Å². The standard InChI is InChI=1S/C16H14Cl2O3/c1-20-14-3-2-10(17)7-12(14)15(19)13-8-11(18)6-9-4-5-21-16(9)13/h2-3,6-8,15,19H,4-5H2,1H3. The van der Waals surface area contributed by atoms with Crippen molar-refractivity contribution < 1.29 is 14.6 Å². The molecule has 0 aromatic heterocycles. The molecule has 3 nitrogen and oxygen atoms in total. The van der Waals surface area contributed by atoms with Crippen molar-refractivity contribution in [3.05, 3.63) is 57.1 Å². The third kappa shape index (κ3) is 2.69. The second kappa shape index (κ2) is 5.76. The van der Waals surface area contributed by atoms with Crippen molar-refractivity contribution in [2.24, 2.45) is 0 Å². The Hall–Kier alpha value is -1.42. The Bertz CT molecular complexity index is 685. The number of benzene rings is 2. The van der Waals surface area contributed by atoms with E-state index >= 15 is 0 Å². The molecule has 3 rings (SSSR count). The van der Waals surface area contributed by atoms with Crippen LogP contribution in [-0.4, -0.2) is 18.8 Å². The molecule has 0 spiro atoms. The minimum atomic E-state index is -0.913. The van der Waals surface area contributed by atoms with Gasteiger partial charge in [-0.2, -0.15) is 0 Å². The maximum atomic E-state index is 10.7. The highest BCUT2D eigenvalue weighted by Crippen LogP contribution is 2.41. The van der Waals surface area contributed by atoms with Gasteiger partial charge in [0.05, 0.1) is 13.7 Å². The molecule has 1 aliphatic heterocycles. The summed E-state index contributed by atoms with van der Waals surface area (Å²) in [6.07, 6.45) is -0.119. The Kier molecular flexibility index (Phi) is 3.98. The first-order valence-electron chi connectivity index (χ1n) is 6.56. The molecule has 0 saturated heterocycles. The smallest absolute Gasteiger partial charge is 0.128 e. The van der Waals surface area contributed by atoms with Crippen LogP contribution < -0.4 is 9.47 Å². The number of halogens is 2. The van der Waals surface area contributed by atoms with E-state index in [0.717, 1.165) is 12.0 Å². The number of aliphatic hydroxyl groups excluding tert-OH is 1. The maximum absolute atomic E-state index is 10.7.